The number of carbonyl (C=O) groups is 1. The van der Waals surface area contributed by atoms with Crippen molar-refractivity contribution in [2.45, 2.75) is 19.9 Å². The standard InChI is InChI=1S/C22H23N3O2/c1-16-4-3-5-18(12-16)14-23-21-11-8-19(15-24-21)25-22(26)13-17-6-9-20(27-2)10-7-17/h3-12,15H,13-14H2,1-2H3,(H,23,24)(H,25,26). The first-order valence-corrected chi connectivity index (χ1v) is 8.80. The minimum absolute atomic E-state index is 0.0811. The molecular formula is C22H23N3O2. The molecule has 0 radical (unpaired) electrons. The lowest BCUT2D eigenvalue weighted by Crippen LogP contribution is -2.14. The molecule has 0 aliphatic carbocycles. The number of hydrogen-bond acceptors (Lipinski definition) is 4. The van der Waals surface area contributed by atoms with Crippen molar-refractivity contribution in [2.75, 3.05) is 17.7 Å². The lowest BCUT2D eigenvalue weighted by molar-refractivity contribution is -0.115. The van der Waals surface area contributed by atoms with Gasteiger partial charge in [-0.05, 0) is 42.3 Å². The lowest BCUT2D eigenvalue weighted by atomic mass is 10.1. The fourth-order valence-corrected chi connectivity index (χ4v) is 2.72. The summed E-state index contributed by atoms with van der Waals surface area (Å²) in [6.45, 7) is 2.78. The van der Waals surface area contributed by atoms with Crippen molar-refractivity contribution >= 4 is 17.4 Å². The van der Waals surface area contributed by atoms with Crippen molar-refractivity contribution < 1.29 is 9.53 Å². The lowest BCUT2D eigenvalue weighted by Gasteiger charge is -2.09. The summed E-state index contributed by atoms with van der Waals surface area (Å²) in [6, 6.07) is 19.5. The molecule has 27 heavy (non-hydrogen) atoms. The number of pyridine rings is 1. The van der Waals surface area contributed by atoms with E-state index in [9.17, 15) is 4.79 Å². The van der Waals surface area contributed by atoms with Crippen LogP contribution in [0.4, 0.5) is 11.5 Å². The molecule has 0 bridgehead atoms. The second-order valence-corrected chi connectivity index (χ2v) is 6.35. The molecule has 3 aromatic rings. The Morgan fingerprint density at radius 1 is 1.04 bits per heavy atom. The third-order valence-electron chi connectivity index (χ3n) is 4.13. The Kier molecular flexibility index (Phi) is 6.05. The average molecular weight is 361 g/mol. The first-order valence-electron chi connectivity index (χ1n) is 8.80. The van der Waals surface area contributed by atoms with Gasteiger partial charge in [0.05, 0.1) is 25.4 Å². The van der Waals surface area contributed by atoms with Gasteiger partial charge in [-0.15, -0.1) is 0 Å². The molecule has 1 aromatic heterocycles. The highest BCUT2D eigenvalue weighted by molar-refractivity contribution is 5.92. The maximum atomic E-state index is 12.2. The Morgan fingerprint density at radius 2 is 1.85 bits per heavy atom. The Morgan fingerprint density at radius 3 is 2.52 bits per heavy atom. The van der Waals surface area contributed by atoms with Crippen LogP contribution in [0.15, 0.2) is 66.9 Å². The zero-order valence-electron chi connectivity index (χ0n) is 15.5. The van der Waals surface area contributed by atoms with Gasteiger partial charge in [0.2, 0.25) is 5.91 Å². The molecule has 138 valence electrons. The van der Waals surface area contributed by atoms with E-state index in [4.69, 9.17) is 4.74 Å². The molecule has 0 unspecified atom stereocenters. The summed E-state index contributed by atoms with van der Waals surface area (Å²) in [6.07, 6.45) is 1.96. The van der Waals surface area contributed by atoms with Crippen LogP contribution in [0.2, 0.25) is 0 Å². The van der Waals surface area contributed by atoms with Crippen LogP contribution in [-0.4, -0.2) is 18.0 Å². The van der Waals surface area contributed by atoms with Crippen LogP contribution >= 0.6 is 0 Å². The maximum Gasteiger partial charge on any atom is 0.228 e. The number of aromatic nitrogens is 1. The number of rotatable bonds is 7. The van der Waals surface area contributed by atoms with Gasteiger partial charge < -0.3 is 15.4 Å². The van der Waals surface area contributed by atoms with E-state index >= 15 is 0 Å². The molecular weight excluding hydrogens is 338 g/mol. The maximum absolute atomic E-state index is 12.2. The molecule has 1 amide bonds. The van der Waals surface area contributed by atoms with Crippen molar-refractivity contribution in [1.82, 2.24) is 4.98 Å². The first kappa shape index (κ1) is 18.5. The predicted octanol–water partition coefficient (Wildman–Crippen LogP) is 4.19. The van der Waals surface area contributed by atoms with E-state index in [1.54, 1.807) is 13.3 Å². The van der Waals surface area contributed by atoms with Gasteiger partial charge in [0.1, 0.15) is 11.6 Å². The Balaban J connectivity index is 1.51. The fourth-order valence-electron chi connectivity index (χ4n) is 2.72. The van der Waals surface area contributed by atoms with Crippen LogP contribution in [-0.2, 0) is 17.8 Å². The fraction of sp³-hybridized carbons (Fsp3) is 0.182. The summed E-state index contributed by atoms with van der Waals surface area (Å²) >= 11 is 0. The number of nitrogens with one attached hydrogen (secondary N) is 2. The number of nitrogens with zero attached hydrogens (tertiary/aromatic N) is 1. The summed E-state index contributed by atoms with van der Waals surface area (Å²) in [4.78, 5) is 16.5. The Bertz CT molecular complexity index is 890. The van der Waals surface area contributed by atoms with Gasteiger partial charge in [0.15, 0.2) is 0 Å². The van der Waals surface area contributed by atoms with Gasteiger partial charge in [0.25, 0.3) is 0 Å². The number of benzene rings is 2. The highest BCUT2D eigenvalue weighted by Crippen LogP contribution is 2.14. The quantitative estimate of drug-likeness (QED) is 0.662. The highest BCUT2D eigenvalue weighted by Gasteiger charge is 2.05. The van der Waals surface area contributed by atoms with Gasteiger partial charge in [-0.2, -0.15) is 0 Å². The second-order valence-electron chi connectivity index (χ2n) is 6.35. The van der Waals surface area contributed by atoms with Crippen molar-refractivity contribution in [2.24, 2.45) is 0 Å². The molecule has 0 aliphatic heterocycles. The molecule has 2 aromatic carbocycles. The number of methoxy groups -OCH3 is 1. The van der Waals surface area contributed by atoms with Gasteiger partial charge >= 0.3 is 0 Å². The van der Waals surface area contributed by atoms with E-state index < -0.39 is 0 Å². The van der Waals surface area contributed by atoms with E-state index in [1.165, 1.54) is 11.1 Å². The third-order valence-corrected chi connectivity index (χ3v) is 4.13. The van der Waals surface area contributed by atoms with Crippen LogP contribution in [0, 0.1) is 6.92 Å². The SMILES string of the molecule is COc1ccc(CC(=O)Nc2ccc(NCc3cccc(C)c3)nc2)cc1. The molecule has 5 heteroatoms. The van der Waals surface area contributed by atoms with Gasteiger partial charge in [0, 0.05) is 6.54 Å². The molecule has 3 rings (SSSR count). The van der Waals surface area contributed by atoms with Crippen LogP contribution in [0.3, 0.4) is 0 Å². The van der Waals surface area contributed by atoms with E-state index in [1.807, 2.05) is 42.5 Å². The molecule has 0 atom stereocenters. The third kappa shape index (κ3) is 5.57. The minimum Gasteiger partial charge on any atom is -0.497 e. The first-order chi connectivity index (χ1) is 13.1. The highest BCUT2D eigenvalue weighted by atomic mass is 16.5. The predicted molar refractivity (Wildman–Crippen MR) is 108 cm³/mol. The van der Waals surface area contributed by atoms with Crippen molar-refractivity contribution in [3.8, 4) is 5.75 Å². The van der Waals surface area contributed by atoms with E-state index in [0.717, 1.165) is 17.1 Å². The number of ether oxygens (including phenoxy) is 1. The van der Waals surface area contributed by atoms with E-state index in [-0.39, 0.29) is 5.91 Å². The Hall–Kier alpha value is -3.34. The van der Waals surface area contributed by atoms with Crippen LogP contribution in [0.1, 0.15) is 16.7 Å². The molecule has 0 saturated heterocycles. The average Bonchev–Trinajstić information content (AvgIpc) is 2.68. The van der Waals surface area contributed by atoms with Crippen molar-refractivity contribution in [1.29, 1.82) is 0 Å². The van der Waals surface area contributed by atoms with Crippen LogP contribution in [0.5, 0.6) is 5.75 Å². The molecule has 0 fully saturated rings. The topological polar surface area (TPSA) is 63.2 Å². The second kappa shape index (κ2) is 8.85. The summed E-state index contributed by atoms with van der Waals surface area (Å²) in [5.41, 5.74) is 4.04. The van der Waals surface area contributed by atoms with Gasteiger partial charge in [-0.1, -0.05) is 42.0 Å². The molecule has 2 N–H and O–H groups in total. The van der Waals surface area contributed by atoms with Crippen molar-refractivity contribution in [3.63, 3.8) is 0 Å². The smallest absolute Gasteiger partial charge is 0.228 e. The number of amides is 1. The largest absolute Gasteiger partial charge is 0.497 e. The van der Waals surface area contributed by atoms with Crippen LogP contribution < -0.4 is 15.4 Å². The summed E-state index contributed by atoms with van der Waals surface area (Å²) in [7, 11) is 1.62. The molecule has 0 saturated carbocycles. The molecule has 5 nitrogen and oxygen atoms in total. The normalized spacial score (nSPS) is 10.3. The van der Waals surface area contributed by atoms with E-state index in [2.05, 4.69) is 40.7 Å². The van der Waals surface area contributed by atoms with Gasteiger partial charge in [-0.25, -0.2) is 4.98 Å². The van der Waals surface area contributed by atoms with E-state index in [0.29, 0.717) is 18.7 Å². The number of hydrogen-bond donors (Lipinski definition) is 2. The van der Waals surface area contributed by atoms with Crippen LogP contribution in [0.25, 0.3) is 0 Å². The summed E-state index contributed by atoms with van der Waals surface area (Å²) in [5.74, 6) is 1.46. The molecule has 0 aliphatic rings. The summed E-state index contributed by atoms with van der Waals surface area (Å²) < 4.78 is 5.12. The number of anilines is 2. The molecule has 1 heterocycles. The minimum atomic E-state index is -0.0811. The molecule has 0 spiro atoms. The zero-order valence-corrected chi connectivity index (χ0v) is 15.5. The Labute approximate surface area is 159 Å². The number of aryl methyl sites for hydroxylation is 1. The number of carbonyl (C=O) groups excluding carboxylic acids is 1. The van der Waals surface area contributed by atoms with Gasteiger partial charge in [-0.3, -0.25) is 4.79 Å². The monoisotopic (exact) mass is 361 g/mol. The van der Waals surface area contributed by atoms with Crippen molar-refractivity contribution in [3.05, 3.63) is 83.6 Å². The summed E-state index contributed by atoms with van der Waals surface area (Å²) in [5, 5.41) is 6.15. The zero-order chi connectivity index (χ0) is 19.1.